The highest BCUT2D eigenvalue weighted by atomic mass is 32.2. The fourth-order valence-electron chi connectivity index (χ4n) is 2.55. The number of thiophene rings is 1. The highest BCUT2D eigenvalue weighted by Gasteiger charge is 2.14. The number of hydrogen-bond donors (Lipinski definition) is 0. The summed E-state index contributed by atoms with van der Waals surface area (Å²) < 4.78 is 10.2. The third kappa shape index (κ3) is 4.34. The van der Waals surface area contributed by atoms with Crippen LogP contribution in [0.15, 0.2) is 41.0 Å². The van der Waals surface area contributed by atoms with Crippen LogP contribution in [-0.2, 0) is 9.53 Å². The Morgan fingerprint density at radius 3 is 2.77 bits per heavy atom. The molecular weight excluding hydrogens is 368 g/mol. The van der Waals surface area contributed by atoms with Crippen molar-refractivity contribution in [1.29, 1.82) is 0 Å². The molecule has 0 saturated carbocycles. The van der Waals surface area contributed by atoms with Gasteiger partial charge < -0.3 is 9.47 Å². The number of hydrogen-bond acceptors (Lipinski definition) is 7. The summed E-state index contributed by atoms with van der Waals surface area (Å²) in [6.07, 6.45) is 2.78. The molecule has 26 heavy (non-hydrogen) atoms. The topological polar surface area (TPSA) is 61.3 Å². The number of aromatic nitrogens is 2. The van der Waals surface area contributed by atoms with E-state index in [0.717, 1.165) is 44.3 Å². The SMILES string of the molecule is CCOc1ccc(-c2csc3ncnc(SCCCC(=O)OC)c23)cc1. The second-order valence-electron chi connectivity index (χ2n) is 5.49. The number of carbonyl (C=O) groups is 1. The number of thioether (sulfide) groups is 1. The molecule has 0 amide bonds. The molecule has 0 N–H and O–H groups in total. The Morgan fingerprint density at radius 2 is 2.04 bits per heavy atom. The summed E-state index contributed by atoms with van der Waals surface area (Å²) in [7, 11) is 1.41. The van der Waals surface area contributed by atoms with E-state index in [0.29, 0.717) is 13.0 Å². The summed E-state index contributed by atoms with van der Waals surface area (Å²) in [6, 6.07) is 8.08. The van der Waals surface area contributed by atoms with Gasteiger partial charge in [-0.3, -0.25) is 4.79 Å². The van der Waals surface area contributed by atoms with E-state index in [4.69, 9.17) is 4.74 Å². The van der Waals surface area contributed by atoms with Gasteiger partial charge in [-0.25, -0.2) is 9.97 Å². The van der Waals surface area contributed by atoms with Crippen molar-refractivity contribution in [3.05, 3.63) is 36.0 Å². The summed E-state index contributed by atoms with van der Waals surface area (Å²) in [4.78, 5) is 21.1. The first-order valence-corrected chi connectivity index (χ1v) is 10.2. The maximum atomic E-state index is 11.2. The first kappa shape index (κ1) is 18.7. The first-order chi connectivity index (χ1) is 12.7. The largest absolute Gasteiger partial charge is 0.494 e. The van der Waals surface area contributed by atoms with Crippen LogP contribution in [0.25, 0.3) is 21.3 Å². The van der Waals surface area contributed by atoms with Crippen molar-refractivity contribution in [2.75, 3.05) is 19.5 Å². The van der Waals surface area contributed by atoms with Crippen molar-refractivity contribution in [2.45, 2.75) is 24.8 Å². The van der Waals surface area contributed by atoms with Crippen LogP contribution >= 0.6 is 23.1 Å². The van der Waals surface area contributed by atoms with E-state index >= 15 is 0 Å². The van der Waals surface area contributed by atoms with Gasteiger partial charge in [-0.1, -0.05) is 12.1 Å². The predicted molar refractivity (Wildman–Crippen MR) is 106 cm³/mol. The number of benzene rings is 1. The number of methoxy groups -OCH3 is 1. The molecule has 136 valence electrons. The van der Waals surface area contributed by atoms with Gasteiger partial charge in [0.2, 0.25) is 0 Å². The zero-order chi connectivity index (χ0) is 18.4. The Bertz CT molecular complexity index is 878. The molecule has 3 rings (SSSR count). The van der Waals surface area contributed by atoms with Crippen LogP contribution in [-0.4, -0.2) is 35.4 Å². The molecule has 0 atom stereocenters. The molecule has 0 saturated heterocycles. The number of nitrogens with zero attached hydrogens (tertiary/aromatic N) is 2. The lowest BCUT2D eigenvalue weighted by Gasteiger charge is -2.07. The molecule has 0 fully saturated rings. The van der Waals surface area contributed by atoms with Gasteiger partial charge in [0, 0.05) is 23.1 Å². The number of esters is 1. The Balaban J connectivity index is 1.82. The fourth-order valence-corrected chi connectivity index (χ4v) is 4.49. The van der Waals surface area contributed by atoms with E-state index < -0.39 is 0 Å². The van der Waals surface area contributed by atoms with Gasteiger partial charge in [0.05, 0.1) is 19.1 Å². The van der Waals surface area contributed by atoms with Crippen molar-refractivity contribution < 1.29 is 14.3 Å². The van der Waals surface area contributed by atoms with Crippen LogP contribution in [0.2, 0.25) is 0 Å². The van der Waals surface area contributed by atoms with Gasteiger partial charge in [-0.2, -0.15) is 0 Å². The zero-order valence-electron chi connectivity index (χ0n) is 14.7. The average Bonchev–Trinajstić information content (AvgIpc) is 3.11. The van der Waals surface area contributed by atoms with Gasteiger partial charge in [0.1, 0.15) is 21.9 Å². The maximum Gasteiger partial charge on any atom is 0.305 e. The molecule has 0 unspecified atom stereocenters. The second-order valence-corrected chi connectivity index (χ2v) is 7.44. The van der Waals surface area contributed by atoms with Crippen LogP contribution in [0.3, 0.4) is 0 Å². The van der Waals surface area contributed by atoms with E-state index in [1.165, 1.54) is 7.11 Å². The molecule has 0 aliphatic carbocycles. The Labute approximate surface area is 160 Å². The first-order valence-electron chi connectivity index (χ1n) is 8.38. The average molecular weight is 389 g/mol. The highest BCUT2D eigenvalue weighted by Crippen LogP contribution is 2.38. The van der Waals surface area contributed by atoms with Gasteiger partial charge in [-0.15, -0.1) is 23.1 Å². The van der Waals surface area contributed by atoms with Gasteiger partial charge in [-0.05, 0) is 31.0 Å². The summed E-state index contributed by atoms with van der Waals surface area (Å²) in [5.41, 5.74) is 2.25. The lowest BCUT2D eigenvalue weighted by Crippen LogP contribution is -2.00. The maximum absolute atomic E-state index is 11.2. The quantitative estimate of drug-likeness (QED) is 0.239. The molecular formula is C19H20N2O3S2. The van der Waals surface area contributed by atoms with Crippen LogP contribution in [0.5, 0.6) is 5.75 Å². The zero-order valence-corrected chi connectivity index (χ0v) is 16.4. The smallest absolute Gasteiger partial charge is 0.305 e. The molecule has 2 aromatic heterocycles. The van der Waals surface area contributed by atoms with Gasteiger partial charge in [0.15, 0.2) is 0 Å². The molecule has 0 radical (unpaired) electrons. The monoisotopic (exact) mass is 388 g/mol. The summed E-state index contributed by atoms with van der Waals surface area (Å²) in [5.74, 6) is 1.49. The second kappa shape index (κ2) is 9.00. The van der Waals surface area contributed by atoms with Crippen molar-refractivity contribution in [3.8, 4) is 16.9 Å². The Kier molecular flexibility index (Phi) is 6.46. The number of carbonyl (C=O) groups excluding carboxylic acids is 1. The molecule has 7 heteroatoms. The lowest BCUT2D eigenvalue weighted by molar-refractivity contribution is -0.140. The van der Waals surface area contributed by atoms with Crippen LogP contribution < -0.4 is 4.74 Å². The van der Waals surface area contributed by atoms with Crippen LogP contribution in [0.1, 0.15) is 19.8 Å². The summed E-state index contributed by atoms with van der Waals surface area (Å²) in [5, 5.41) is 4.14. The fraction of sp³-hybridized carbons (Fsp3) is 0.316. The summed E-state index contributed by atoms with van der Waals surface area (Å²) in [6.45, 7) is 2.63. The molecule has 2 heterocycles. The normalized spacial score (nSPS) is 10.8. The van der Waals surface area contributed by atoms with E-state index in [2.05, 4.69) is 32.2 Å². The van der Waals surface area contributed by atoms with Crippen molar-refractivity contribution in [2.24, 2.45) is 0 Å². The van der Waals surface area contributed by atoms with E-state index in [9.17, 15) is 4.79 Å². The van der Waals surface area contributed by atoms with Gasteiger partial charge >= 0.3 is 5.97 Å². The minimum atomic E-state index is -0.177. The van der Waals surface area contributed by atoms with E-state index in [-0.39, 0.29) is 5.97 Å². The third-order valence-corrected chi connectivity index (χ3v) is 5.77. The highest BCUT2D eigenvalue weighted by molar-refractivity contribution is 7.99. The molecule has 0 spiro atoms. The number of fused-ring (bicyclic) bond motifs is 1. The standard InChI is InChI=1S/C19H20N2O3S2/c1-3-24-14-8-6-13(7-9-14)15-11-26-19-17(15)18(20-12-21-19)25-10-4-5-16(22)23-2/h6-9,11-12H,3-5,10H2,1-2H3. The van der Waals surface area contributed by atoms with Crippen LogP contribution in [0.4, 0.5) is 0 Å². The molecule has 1 aromatic carbocycles. The Hall–Kier alpha value is -2.12. The molecule has 0 aliphatic heterocycles. The van der Waals surface area contributed by atoms with Crippen molar-refractivity contribution in [3.63, 3.8) is 0 Å². The van der Waals surface area contributed by atoms with Crippen molar-refractivity contribution in [1.82, 2.24) is 9.97 Å². The summed E-state index contributed by atoms with van der Waals surface area (Å²) >= 11 is 3.27. The van der Waals surface area contributed by atoms with Gasteiger partial charge in [0.25, 0.3) is 0 Å². The number of rotatable bonds is 8. The minimum Gasteiger partial charge on any atom is -0.494 e. The van der Waals surface area contributed by atoms with Crippen molar-refractivity contribution >= 4 is 39.3 Å². The Morgan fingerprint density at radius 1 is 1.23 bits per heavy atom. The molecule has 3 aromatic rings. The molecule has 0 aliphatic rings. The van der Waals surface area contributed by atoms with E-state index in [1.807, 2.05) is 19.1 Å². The minimum absolute atomic E-state index is 0.177. The molecule has 5 nitrogen and oxygen atoms in total. The van der Waals surface area contributed by atoms with E-state index in [1.54, 1.807) is 29.4 Å². The predicted octanol–water partition coefficient (Wildman–Crippen LogP) is 4.80. The lowest BCUT2D eigenvalue weighted by atomic mass is 10.1. The molecule has 0 bridgehead atoms. The third-order valence-electron chi connectivity index (χ3n) is 3.80. The number of ether oxygens (including phenoxy) is 2. The van der Waals surface area contributed by atoms with Crippen LogP contribution in [0, 0.1) is 0 Å².